The monoisotopic (exact) mass is 529 g/mol. The van der Waals surface area contributed by atoms with Gasteiger partial charge in [0.25, 0.3) is 0 Å². The summed E-state index contributed by atoms with van der Waals surface area (Å²) in [7, 11) is -2.69. The Kier molecular flexibility index (Phi) is 7.46. The number of hydrogen-bond acceptors (Lipinski definition) is 5. The number of ether oxygens (including phenoxy) is 1. The predicted octanol–water partition coefficient (Wildman–Crippen LogP) is 3.60. The van der Waals surface area contributed by atoms with Gasteiger partial charge in [0.15, 0.2) is 0 Å². The molecule has 0 aliphatic carbocycles. The first-order valence-corrected chi connectivity index (χ1v) is 13.0. The Morgan fingerprint density at radius 2 is 1.64 bits per heavy atom. The van der Waals surface area contributed by atoms with Crippen molar-refractivity contribution in [2.24, 2.45) is 5.92 Å². The molecule has 4 rings (SSSR count). The van der Waals surface area contributed by atoms with E-state index in [9.17, 15) is 30.8 Å². The van der Waals surface area contributed by atoms with Crippen molar-refractivity contribution in [2.45, 2.75) is 23.9 Å². The van der Waals surface area contributed by atoms with Gasteiger partial charge >= 0.3 is 6.18 Å². The summed E-state index contributed by atoms with van der Waals surface area (Å²) in [6, 6.07) is 8.44. The molecule has 2 aliphatic rings. The van der Waals surface area contributed by atoms with Gasteiger partial charge in [-0.1, -0.05) is 6.07 Å². The number of halogens is 4. The van der Waals surface area contributed by atoms with Crippen LogP contribution in [0.25, 0.3) is 0 Å². The number of nitrogens with zero attached hydrogens (tertiary/aromatic N) is 3. The molecule has 0 aromatic heterocycles. The summed E-state index contributed by atoms with van der Waals surface area (Å²) in [5, 5.41) is 0. The van der Waals surface area contributed by atoms with Crippen LogP contribution in [0.1, 0.15) is 18.4 Å². The molecule has 0 bridgehead atoms. The Labute approximate surface area is 207 Å². The van der Waals surface area contributed by atoms with Crippen LogP contribution >= 0.6 is 0 Å². The molecule has 2 aromatic rings. The summed E-state index contributed by atoms with van der Waals surface area (Å²) in [5.74, 6) is -1.08. The highest BCUT2D eigenvalue weighted by molar-refractivity contribution is 7.89. The maximum Gasteiger partial charge on any atom is 0.416 e. The summed E-state index contributed by atoms with van der Waals surface area (Å²) < 4.78 is 85.2. The van der Waals surface area contributed by atoms with Crippen molar-refractivity contribution in [3.05, 3.63) is 53.8 Å². The highest BCUT2D eigenvalue weighted by Gasteiger charge is 2.36. The maximum absolute atomic E-state index is 13.7. The van der Waals surface area contributed by atoms with E-state index in [0.717, 1.165) is 24.3 Å². The lowest BCUT2D eigenvalue weighted by molar-refractivity contribution is -0.137. The van der Waals surface area contributed by atoms with Gasteiger partial charge in [0, 0.05) is 50.9 Å². The molecule has 0 radical (unpaired) electrons. The zero-order chi connectivity index (χ0) is 26.1. The number of carbonyl (C=O) groups is 1. The molecule has 2 aliphatic heterocycles. The summed E-state index contributed by atoms with van der Waals surface area (Å²) >= 11 is 0. The molecule has 2 fully saturated rings. The molecule has 196 valence electrons. The van der Waals surface area contributed by atoms with Crippen LogP contribution in [0.15, 0.2) is 47.4 Å². The average molecular weight is 530 g/mol. The lowest BCUT2D eigenvalue weighted by Crippen LogP contribution is -2.52. The molecular formula is C24H27F4N3O4S. The first-order valence-electron chi connectivity index (χ1n) is 11.6. The highest BCUT2D eigenvalue weighted by atomic mass is 32.2. The number of rotatable bonds is 5. The third kappa shape index (κ3) is 5.44. The summed E-state index contributed by atoms with van der Waals surface area (Å²) in [5.41, 5.74) is -0.251. The van der Waals surface area contributed by atoms with Crippen molar-refractivity contribution in [3.8, 4) is 5.75 Å². The van der Waals surface area contributed by atoms with Crippen LogP contribution < -0.4 is 9.64 Å². The lowest BCUT2D eigenvalue weighted by atomic mass is 9.96. The smallest absolute Gasteiger partial charge is 0.416 e. The number of alkyl halides is 3. The second-order valence-electron chi connectivity index (χ2n) is 8.83. The van der Waals surface area contributed by atoms with Crippen molar-refractivity contribution in [3.63, 3.8) is 0 Å². The van der Waals surface area contributed by atoms with E-state index >= 15 is 0 Å². The van der Waals surface area contributed by atoms with Crippen molar-refractivity contribution in [1.29, 1.82) is 0 Å². The molecule has 0 atom stereocenters. The molecule has 12 heteroatoms. The second kappa shape index (κ2) is 10.3. The minimum atomic E-state index is -4.42. The Morgan fingerprint density at radius 3 is 2.25 bits per heavy atom. The van der Waals surface area contributed by atoms with Gasteiger partial charge < -0.3 is 14.5 Å². The zero-order valence-corrected chi connectivity index (χ0v) is 20.5. The van der Waals surface area contributed by atoms with Crippen molar-refractivity contribution < 1.29 is 35.5 Å². The number of piperidine rings is 1. The molecule has 0 unspecified atom stereocenters. The van der Waals surface area contributed by atoms with Crippen molar-refractivity contribution >= 4 is 21.6 Å². The molecule has 2 heterocycles. The van der Waals surface area contributed by atoms with Crippen LogP contribution in [0.3, 0.4) is 0 Å². The average Bonchev–Trinajstić information content (AvgIpc) is 2.88. The fraction of sp³-hybridized carbons (Fsp3) is 0.458. The molecule has 0 saturated carbocycles. The number of benzene rings is 2. The van der Waals surface area contributed by atoms with Gasteiger partial charge in [-0.05, 0) is 49.2 Å². The summed E-state index contributed by atoms with van der Waals surface area (Å²) in [6.45, 7) is 1.77. The van der Waals surface area contributed by atoms with E-state index in [0.29, 0.717) is 44.7 Å². The SMILES string of the molecule is COc1ccc(F)cc1S(=O)(=O)N1CCC(C(=O)N2CCN(c3cccc(C(F)(F)F)c3)CC2)CC1. The number of sulfonamides is 1. The summed E-state index contributed by atoms with van der Waals surface area (Å²) in [4.78, 5) is 16.3. The zero-order valence-electron chi connectivity index (χ0n) is 19.7. The van der Waals surface area contributed by atoms with Crippen LogP contribution in [0, 0.1) is 11.7 Å². The predicted molar refractivity (Wildman–Crippen MR) is 125 cm³/mol. The Hall–Kier alpha value is -2.86. The molecule has 7 nitrogen and oxygen atoms in total. The van der Waals surface area contributed by atoms with Gasteiger partial charge in [-0.2, -0.15) is 17.5 Å². The first kappa shape index (κ1) is 26.2. The quantitative estimate of drug-likeness (QED) is 0.554. The standard InChI is InChI=1S/C24H27F4N3O4S/c1-35-21-6-5-19(25)16-22(21)36(33,34)31-9-7-17(8-10-31)23(32)30-13-11-29(12-14-30)20-4-2-3-18(15-20)24(26,27)28/h2-6,15-17H,7-14H2,1H3. The lowest BCUT2D eigenvalue weighted by Gasteiger charge is -2.39. The van der Waals surface area contributed by atoms with Gasteiger partial charge in [0.2, 0.25) is 15.9 Å². The van der Waals surface area contributed by atoms with Crippen LogP contribution in [0.5, 0.6) is 5.75 Å². The second-order valence-corrected chi connectivity index (χ2v) is 10.7. The van der Waals surface area contributed by atoms with E-state index in [1.807, 2.05) is 4.90 Å². The topological polar surface area (TPSA) is 70.2 Å². The molecular weight excluding hydrogens is 502 g/mol. The fourth-order valence-corrected chi connectivity index (χ4v) is 6.29. The van der Waals surface area contributed by atoms with Gasteiger partial charge in [-0.3, -0.25) is 4.79 Å². The third-order valence-electron chi connectivity index (χ3n) is 6.68. The number of methoxy groups -OCH3 is 1. The number of piperazine rings is 1. The first-order chi connectivity index (χ1) is 17.0. The van der Waals surface area contributed by atoms with Crippen molar-refractivity contribution in [2.75, 3.05) is 51.3 Å². The van der Waals surface area contributed by atoms with Crippen LogP contribution in [-0.2, 0) is 21.0 Å². The van der Waals surface area contributed by atoms with Gasteiger partial charge in [-0.25, -0.2) is 12.8 Å². The molecule has 2 aromatic carbocycles. The third-order valence-corrected chi connectivity index (χ3v) is 8.60. The van der Waals surface area contributed by atoms with Crippen LogP contribution in [0.4, 0.5) is 23.2 Å². The van der Waals surface area contributed by atoms with Gasteiger partial charge in [0.05, 0.1) is 12.7 Å². The number of anilines is 1. The number of carbonyl (C=O) groups excluding carboxylic acids is 1. The van der Waals surface area contributed by atoms with E-state index in [-0.39, 0.29) is 35.6 Å². The molecule has 36 heavy (non-hydrogen) atoms. The van der Waals surface area contributed by atoms with E-state index in [4.69, 9.17) is 4.74 Å². The number of hydrogen-bond donors (Lipinski definition) is 0. The van der Waals surface area contributed by atoms with Crippen LogP contribution in [0.2, 0.25) is 0 Å². The van der Waals surface area contributed by atoms with Gasteiger partial charge in [0.1, 0.15) is 16.5 Å². The fourth-order valence-electron chi connectivity index (χ4n) is 4.66. The summed E-state index contributed by atoms with van der Waals surface area (Å²) in [6.07, 6.45) is -3.77. The minimum absolute atomic E-state index is 0.0493. The molecule has 0 N–H and O–H groups in total. The minimum Gasteiger partial charge on any atom is -0.495 e. The Morgan fingerprint density at radius 1 is 0.972 bits per heavy atom. The number of amides is 1. The van der Waals surface area contributed by atoms with E-state index in [1.165, 1.54) is 23.5 Å². The highest BCUT2D eigenvalue weighted by Crippen LogP contribution is 2.33. The van der Waals surface area contributed by atoms with E-state index in [1.54, 1.807) is 11.0 Å². The molecule has 1 amide bonds. The van der Waals surface area contributed by atoms with Gasteiger partial charge in [-0.15, -0.1) is 0 Å². The molecule has 0 spiro atoms. The maximum atomic E-state index is 13.7. The van der Waals surface area contributed by atoms with Crippen molar-refractivity contribution in [1.82, 2.24) is 9.21 Å². The van der Waals surface area contributed by atoms with E-state index in [2.05, 4.69) is 0 Å². The van der Waals surface area contributed by atoms with Crippen LogP contribution in [-0.4, -0.2) is 69.9 Å². The van der Waals surface area contributed by atoms with E-state index < -0.39 is 27.6 Å². The normalized spacial score (nSPS) is 18.4. The Bertz CT molecular complexity index is 1210. The molecule has 2 saturated heterocycles. The Balaban J connectivity index is 1.34. The largest absolute Gasteiger partial charge is 0.495 e.